The molecule has 1 heterocycles. The van der Waals surface area contributed by atoms with Crippen LogP contribution in [0.2, 0.25) is 0 Å². The molecule has 2 aromatic rings. The van der Waals surface area contributed by atoms with Crippen LogP contribution < -0.4 is 5.32 Å². The van der Waals surface area contributed by atoms with Gasteiger partial charge in [0.25, 0.3) is 0 Å². The second-order valence-corrected chi connectivity index (χ2v) is 4.48. The summed E-state index contributed by atoms with van der Waals surface area (Å²) in [6.07, 6.45) is 1.83. The number of hydrogen-bond acceptors (Lipinski definition) is 3. The quantitative estimate of drug-likeness (QED) is 0.756. The third-order valence-electron chi connectivity index (χ3n) is 3.17. The summed E-state index contributed by atoms with van der Waals surface area (Å²) in [5, 5.41) is 19.9. The molecule has 3 N–H and O–H groups in total. The fraction of sp³-hybridized carbons (Fsp3) is 0.357. The van der Waals surface area contributed by atoms with Gasteiger partial charge in [0.2, 0.25) is 0 Å². The van der Waals surface area contributed by atoms with Crippen molar-refractivity contribution in [3.05, 3.63) is 53.3 Å². The van der Waals surface area contributed by atoms with Crippen LogP contribution in [-0.2, 0) is 0 Å². The van der Waals surface area contributed by atoms with E-state index in [2.05, 4.69) is 22.4 Å². The van der Waals surface area contributed by atoms with Crippen LogP contribution in [0.1, 0.15) is 35.8 Å². The topological polar surface area (TPSA) is 60.9 Å². The van der Waals surface area contributed by atoms with E-state index in [4.69, 9.17) is 0 Å². The third-order valence-corrected chi connectivity index (χ3v) is 3.17. The summed E-state index contributed by atoms with van der Waals surface area (Å²) in [5.41, 5.74) is 3.28. The van der Waals surface area contributed by atoms with Gasteiger partial charge in [-0.15, -0.1) is 0 Å². The normalized spacial score (nSPS) is 14.4. The predicted octanol–water partition coefficient (Wildman–Crippen LogP) is 2.10. The maximum Gasteiger partial charge on any atom is 0.0626 e. The van der Waals surface area contributed by atoms with Crippen molar-refractivity contribution in [1.29, 1.82) is 0 Å². The van der Waals surface area contributed by atoms with Crippen LogP contribution in [0.25, 0.3) is 0 Å². The van der Waals surface area contributed by atoms with E-state index >= 15 is 0 Å². The van der Waals surface area contributed by atoms with Crippen molar-refractivity contribution in [3.63, 3.8) is 0 Å². The summed E-state index contributed by atoms with van der Waals surface area (Å²) in [4.78, 5) is 0. The highest BCUT2D eigenvalue weighted by molar-refractivity contribution is 5.22. The van der Waals surface area contributed by atoms with Crippen LogP contribution in [-0.4, -0.2) is 21.9 Å². The van der Waals surface area contributed by atoms with E-state index < -0.39 is 0 Å². The van der Waals surface area contributed by atoms with Gasteiger partial charge in [-0.25, -0.2) is 0 Å². The van der Waals surface area contributed by atoms with E-state index in [0.29, 0.717) is 0 Å². The van der Waals surface area contributed by atoms with Crippen molar-refractivity contribution < 1.29 is 5.11 Å². The Morgan fingerprint density at radius 3 is 2.61 bits per heavy atom. The lowest BCUT2D eigenvalue weighted by molar-refractivity contribution is 0.235. The number of H-pyrrole nitrogens is 1. The Bertz CT molecular complexity index is 481. The number of hydrogen-bond donors (Lipinski definition) is 3. The van der Waals surface area contributed by atoms with Crippen LogP contribution in [0.15, 0.2) is 36.5 Å². The molecule has 0 amide bonds. The summed E-state index contributed by atoms with van der Waals surface area (Å²) >= 11 is 0. The monoisotopic (exact) mass is 245 g/mol. The SMILES string of the molecule is Cc1[nH]ncc1C(C)NC(CO)c1ccccc1. The summed E-state index contributed by atoms with van der Waals surface area (Å²) < 4.78 is 0. The van der Waals surface area contributed by atoms with E-state index in [1.165, 1.54) is 0 Å². The third kappa shape index (κ3) is 2.78. The first kappa shape index (κ1) is 12.8. The van der Waals surface area contributed by atoms with Gasteiger partial charge < -0.3 is 10.4 Å². The molecule has 4 heteroatoms. The summed E-state index contributed by atoms with van der Waals surface area (Å²) in [5.74, 6) is 0. The van der Waals surface area contributed by atoms with Crippen LogP contribution in [0.3, 0.4) is 0 Å². The minimum absolute atomic E-state index is 0.0597. The molecule has 0 spiro atoms. The molecule has 0 saturated heterocycles. The first-order valence-corrected chi connectivity index (χ1v) is 6.14. The lowest BCUT2D eigenvalue weighted by Crippen LogP contribution is -2.27. The van der Waals surface area contributed by atoms with Gasteiger partial charge in [-0.3, -0.25) is 5.10 Å². The average Bonchev–Trinajstić information content (AvgIpc) is 2.83. The minimum atomic E-state index is -0.0597. The average molecular weight is 245 g/mol. The predicted molar refractivity (Wildman–Crippen MR) is 71.1 cm³/mol. The van der Waals surface area contributed by atoms with E-state index in [-0.39, 0.29) is 18.7 Å². The highest BCUT2D eigenvalue weighted by Crippen LogP contribution is 2.20. The Morgan fingerprint density at radius 2 is 2.06 bits per heavy atom. The lowest BCUT2D eigenvalue weighted by atomic mass is 10.0. The molecule has 0 aliphatic rings. The van der Waals surface area contributed by atoms with Gasteiger partial charge in [-0.2, -0.15) is 5.10 Å². The number of aromatic amines is 1. The zero-order valence-corrected chi connectivity index (χ0v) is 10.7. The molecule has 2 unspecified atom stereocenters. The molecule has 4 nitrogen and oxygen atoms in total. The molecule has 0 saturated carbocycles. The number of aryl methyl sites for hydroxylation is 1. The molecule has 0 radical (unpaired) electrons. The fourth-order valence-electron chi connectivity index (χ4n) is 2.13. The molecule has 96 valence electrons. The fourth-order valence-corrected chi connectivity index (χ4v) is 2.13. The standard InChI is InChI=1S/C14H19N3O/c1-10(13-8-15-17-11(13)2)16-14(9-18)12-6-4-3-5-7-12/h3-8,10,14,16,18H,9H2,1-2H3,(H,15,17). The van der Waals surface area contributed by atoms with Gasteiger partial charge in [0.05, 0.1) is 18.8 Å². The van der Waals surface area contributed by atoms with Gasteiger partial charge in [0.1, 0.15) is 0 Å². The Balaban J connectivity index is 2.10. The molecule has 2 rings (SSSR count). The zero-order valence-electron chi connectivity index (χ0n) is 10.7. The Labute approximate surface area is 107 Å². The molecule has 1 aromatic heterocycles. The molecular weight excluding hydrogens is 226 g/mol. The summed E-state index contributed by atoms with van der Waals surface area (Å²) in [7, 11) is 0. The Hall–Kier alpha value is -1.65. The number of aliphatic hydroxyl groups excluding tert-OH is 1. The van der Waals surface area contributed by atoms with Crippen molar-refractivity contribution in [2.75, 3.05) is 6.61 Å². The second-order valence-electron chi connectivity index (χ2n) is 4.48. The Morgan fingerprint density at radius 1 is 1.33 bits per heavy atom. The van der Waals surface area contributed by atoms with Gasteiger partial charge in [-0.05, 0) is 19.4 Å². The van der Waals surface area contributed by atoms with Gasteiger partial charge in [-0.1, -0.05) is 30.3 Å². The summed E-state index contributed by atoms with van der Waals surface area (Å²) in [6, 6.07) is 10.0. The maximum atomic E-state index is 9.51. The largest absolute Gasteiger partial charge is 0.394 e. The molecular formula is C14H19N3O. The van der Waals surface area contributed by atoms with Crippen molar-refractivity contribution in [2.24, 2.45) is 0 Å². The summed E-state index contributed by atoms with van der Waals surface area (Å²) in [6.45, 7) is 4.14. The van der Waals surface area contributed by atoms with E-state index in [0.717, 1.165) is 16.8 Å². The number of aromatic nitrogens is 2. The van der Waals surface area contributed by atoms with Crippen molar-refractivity contribution in [1.82, 2.24) is 15.5 Å². The first-order chi connectivity index (χ1) is 8.72. The number of nitrogens with zero attached hydrogens (tertiary/aromatic N) is 1. The number of benzene rings is 1. The van der Waals surface area contributed by atoms with Crippen LogP contribution >= 0.6 is 0 Å². The molecule has 18 heavy (non-hydrogen) atoms. The highest BCUT2D eigenvalue weighted by Gasteiger charge is 2.16. The number of rotatable bonds is 5. The van der Waals surface area contributed by atoms with Crippen LogP contribution in [0, 0.1) is 6.92 Å². The molecule has 1 aromatic carbocycles. The molecule has 0 bridgehead atoms. The zero-order chi connectivity index (χ0) is 13.0. The van der Waals surface area contributed by atoms with Gasteiger partial charge >= 0.3 is 0 Å². The van der Waals surface area contributed by atoms with E-state index in [1.54, 1.807) is 0 Å². The van der Waals surface area contributed by atoms with Crippen molar-refractivity contribution in [2.45, 2.75) is 25.9 Å². The van der Waals surface area contributed by atoms with Crippen LogP contribution in [0.4, 0.5) is 0 Å². The number of aliphatic hydroxyl groups is 1. The van der Waals surface area contributed by atoms with Crippen molar-refractivity contribution >= 4 is 0 Å². The molecule has 0 aliphatic carbocycles. The number of nitrogens with one attached hydrogen (secondary N) is 2. The van der Waals surface area contributed by atoms with E-state index in [1.807, 2.05) is 43.5 Å². The van der Waals surface area contributed by atoms with Crippen LogP contribution in [0.5, 0.6) is 0 Å². The maximum absolute atomic E-state index is 9.51. The first-order valence-electron chi connectivity index (χ1n) is 6.14. The minimum Gasteiger partial charge on any atom is -0.394 e. The van der Waals surface area contributed by atoms with E-state index in [9.17, 15) is 5.11 Å². The molecule has 2 atom stereocenters. The second kappa shape index (κ2) is 5.80. The highest BCUT2D eigenvalue weighted by atomic mass is 16.3. The molecule has 0 aliphatic heterocycles. The van der Waals surface area contributed by atoms with Gasteiger partial charge in [0.15, 0.2) is 0 Å². The van der Waals surface area contributed by atoms with Gasteiger partial charge in [0, 0.05) is 17.3 Å². The molecule has 0 fully saturated rings. The Kier molecular flexibility index (Phi) is 4.12. The lowest BCUT2D eigenvalue weighted by Gasteiger charge is -2.22. The smallest absolute Gasteiger partial charge is 0.0626 e. The van der Waals surface area contributed by atoms with Crippen molar-refractivity contribution in [3.8, 4) is 0 Å².